The first-order valence-electron chi connectivity index (χ1n) is 11.5. The Labute approximate surface area is 213 Å². The third-order valence-electron chi connectivity index (χ3n) is 6.22. The second kappa shape index (κ2) is 9.19. The zero-order valence-electron chi connectivity index (χ0n) is 19.2. The van der Waals surface area contributed by atoms with Crippen LogP contribution in [0.25, 0.3) is 55.9 Å². The number of hydrogen-bond acceptors (Lipinski definition) is 3. The highest BCUT2D eigenvalue weighted by Gasteiger charge is 2.15. The summed E-state index contributed by atoms with van der Waals surface area (Å²) in [6, 6.07) is 40.1. The van der Waals surface area contributed by atoms with Gasteiger partial charge in [0.2, 0.25) is 5.89 Å². The van der Waals surface area contributed by atoms with Crippen LogP contribution in [-0.2, 0) is 0 Å². The van der Waals surface area contributed by atoms with Crippen LogP contribution in [0.2, 0.25) is 5.02 Å². The van der Waals surface area contributed by atoms with E-state index in [-0.39, 0.29) is 0 Å². The van der Waals surface area contributed by atoms with Crippen molar-refractivity contribution in [3.8, 4) is 50.9 Å². The van der Waals surface area contributed by atoms with E-state index >= 15 is 0 Å². The van der Waals surface area contributed by atoms with Crippen molar-refractivity contribution in [1.82, 2.24) is 4.98 Å². The van der Waals surface area contributed by atoms with E-state index in [1.54, 1.807) is 12.1 Å². The van der Waals surface area contributed by atoms with E-state index < -0.39 is 0 Å². The van der Waals surface area contributed by atoms with Crippen molar-refractivity contribution in [1.29, 1.82) is 5.26 Å². The molecular weight excluding hydrogens is 464 g/mol. The number of fused-ring (bicyclic) bond motifs is 1. The predicted molar refractivity (Wildman–Crippen MR) is 145 cm³/mol. The van der Waals surface area contributed by atoms with Gasteiger partial charge in [-0.15, -0.1) is 0 Å². The zero-order valence-corrected chi connectivity index (χ0v) is 19.9. The van der Waals surface area contributed by atoms with Gasteiger partial charge in [-0.25, -0.2) is 4.98 Å². The molecule has 0 spiro atoms. The molecule has 36 heavy (non-hydrogen) atoms. The lowest BCUT2D eigenvalue weighted by Gasteiger charge is -2.06. The van der Waals surface area contributed by atoms with Gasteiger partial charge in [-0.2, -0.15) is 5.26 Å². The number of nitriles is 1. The van der Waals surface area contributed by atoms with Gasteiger partial charge in [-0.05, 0) is 58.1 Å². The number of benzene rings is 5. The lowest BCUT2D eigenvalue weighted by molar-refractivity contribution is 0.620. The molecule has 5 aromatic carbocycles. The molecule has 0 atom stereocenters. The van der Waals surface area contributed by atoms with Crippen molar-refractivity contribution < 1.29 is 4.42 Å². The maximum atomic E-state index is 9.20. The van der Waals surface area contributed by atoms with E-state index in [1.165, 1.54) is 5.56 Å². The Morgan fingerprint density at radius 1 is 0.611 bits per heavy atom. The largest absolute Gasteiger partial charge is 0.436 e. The molecule has 1 aromatic heterocycles. The van der Waals surface area contributed by atoms with Gasteiger partial charge >= 0.3 is 0 Å². The fourth-order valence-corrected chi connectivity index (χ4v) is 4.59. The highest BCUT2D eigenvalue weighted by Crippen LogP contribution is 2.36. The van der Waals surface area contributed by atoms with Gasteiger partial charge in [-0.1, -0.05) is 90.5 Å². The smallest absolute Gasteiger partial charge is 0.227 e. The summed E-state index contributed by atoms with van der Waals surface area (Å²) in [4.78, 5) is 4.84. The first-order valence-corrected chi connectivity index (χ1v) is 11.9. The standard InChI is InChI=1S/C32H19ClN2O/c33-28-18-29(25-13-9-24(10-14-25)27-8-4-5-21(17-27)20-34)31-30(19-28)36-32(35-31)26-15-11-23(12-16-26)22-6-2-1-3-7-22/h1-19H. The average molecular weight is 483 g/mol. The van der Waals surface area contributed by atoms with Crippen LogP contribution in [0.15, 0.2) is 120 Å². The number of oxazole rings is 1. The number of halogens is 1. The van der Waals surface area contributed by atoms with E-state index in [9.17, 15) is 5.26 Å². The predicted octanol–water partition coefficient (Wildman–Crippen LogP) is 9.02. The van der Waals surface area contributed by atoms with Crippen LogP contribution in [0.5, 0.6) is 0 Å². The van der Waals surface area contributed by atoms with Crippen molar-refractivity contribution in [2.24, 2.45) is 0 Å². The second-order valence-corrected chi connectivity index (χ2v) is 8.97. The van der Waals surface area contributed by atoms with Gasteiger partial charge in [0.05, 0.1) is 11.6 Å². The number of aromatic nitrogens is 1. The SMILES string of the molecule is N#Cc1cccc(-c2ccc(-c3cc(Cl)cc4oc(-c5ccc(-c6ccccc6)cc5)nc34)cc2)c1. The number of rotatable bonds is 4. The molecule has 3 nitrogen and oxygen atoms in total. The maximum Gasteiger partial charge on any atom is 0.227 e. The Bertz CT molecular complexity index is 1730. The highest BCUT2D eigenvalue weighted by molar-refractivity contribution is 6.31. The summed E-state index contributed by atoms with van der Waals surface area (Å²) < 4.78 is 6.14. The summed E-state index contributed by atoms with van der Waals surface area (Å²) in [5.74, 6) is 0.554. The Balaban J connectivity index is 1.36. The molecule has 0 saturated heterocycles. The average Bonchev–Trinajstić information content (AvgIpc) is 3.37. The molecule has 0 unspecified atom stereocenters. The van der Waals surface area contributed by atoms with Crippen LogP contribution in [0.3, 0.4) is 0 Å². The van der Waals surface area contributed by atoms with Gasteiger partial charge < -0.3 is 4.42 Å². The quantitative estimate of drug-likeness (QED) is 0.252. The van der Waals surface area contributed by atoms with Crippen LogP contribution >= 0.6 is 11.6 Å². The Morgan fingerprint density at radius 2 is 1.22 bits per heavy atom. The lowest BCUT2D eigenvalue weighted by Crippen LogP contribution is -1.84. The summed E-state index contributed by atoms with van der Waals surface area (Å²) in [5, 5.41) is 9.79. The summed E-state index contributed by atoms with van der Waals surface area (Å²) in [7, 11) is 0. The molecule has 0 aliphatic carbocycles. The molecule has 170 valence electrons. The molecule has 6 aromatic rings. The molecule has 0 saturated carbocycles. The molecule has 0 fully saturated rings. The van der Waals surface area contributed by atoms with Crippen molar-refractivity contribution in [3.63, 3.8) is 0 Å². The van der Waals surface area contributed by atoms with E-state index in [0.717, 1.165) is 38.9 Å². The molecule has 0 radical (unpaired) electrons. The van der Waals surface area contributed by atoms with Crippen molar-refractivity contribution in [3.05, 3.63) is 126 Å². The summed E-state index contributed by atoms with van der Waals surface area (Å²) >= 11 is 6.46. The van der Waals surface area contributed by atoms with Gasteiger partial charge in [-0.3, -0.25) is 0 Å². The molecule has 4 heteroatoms. The number of nitrogens with zero attached hydrogens (tertiary/aromatic N) is 2. The van der Waals surface area contributed by atoms with Crippen molar-refractivity contribution in [2.45, 2.75) is 0 Å². The molecular formula is C32H19ClN2O. The second-order valence-electron chi connectivity index (χ2n) is 8.53. The van der Waals surface area contributed by atoms with Crippen LogP contribution in [-0.4, -0.2) is 4.98 Å². The van der Waals surface area contributed by atoms with Gasteiger partial charge in [0.1, 0.15) is 5.52 Å². The van der Waals surface area contributed by atoms with Crippen LogP contribution in [0, 0.1) is 11.3 Å². The highest BCUT2D eigenvalue weighted by atomic mass is 35.5. The molecule has 0 amide bonds. The first-order chi connectivity index (χ1) is 17.7. The van der Waals surface area contributed by atoms with Gasteiger partial charge in [0.25, 0.3) is 0 Å². The monoisotopic (exact) mass is 482 g/mol. The normalized spacial score (nSPS) is 10.9. The Morgan fingerprint density at radius 3 is 1.94 bits per heavy atom. The topological polar surface area (TPSA) is 49.8 Å². The molecule has 6 rings (SSSR count). The summed E-state index contributed by atoms with van der Waals surface area (Å²) in [6.07, 6.45) is 0. The fourth-order valence-electron chi connectivity index (χ4n) is 4.39. The molecule has 0 aliphatic heterocycles. The number of hydrogen-bond donors (Lipinski definition) is 0. The summed E-state index contributed by atoms with van der Waals surface area (Å²) in [5.41, 5.74) is 9.19. The zero-order chi connectivity index (χ0) is 24.5. The minimum absolute atomic E-state index is 0.554. The Hall–Kier alpha value is -4.65. The van der Waals surface area contributed by atoms with E-state index in [1.807, 2.05) is 78.9 Å². The van der Waals surface area contributed by atoms with Crippen LogP contribution in [0.1, 0.15) is 5.56 Å². The van der Waals surface area contributed by atoms with Crippen molar-refractivity contribution >= 4 is 22.7 Å². The van der Waals surface area contributed by atoms with Gasteiger partial charge in [0, 0.05) is 22.2 Å². The van der Waals surface area contributed by atoms with Crippen molar-refractivity contribution in [2.75, 3.05) is 0 Å². The van der Waals surface area contributed by atoms with E-state index in [4.69, 9.17) is 21.0 Å². The minimum Gasteiger partial charge on any atom is -0.436 e. The molecule has 1 heterocycles. The van der Waals surface area contributed by atoms with Gasteiger partial charge in [0.15, 0.2) is 5.58 Å². The lowest BCUT2D eigenvalue weighted by atomic mass is 9.99. The summed E-state index contributed by atoms with van der Waals surface area (Å²) in [6.45, 7) is 0. The maximum absolute atomic E-state index is 9.20. The van der Waals surface area contributed by atoms with Crippen LogP contribution < -0.4 is 0 Å². The first kappa shape index (κ1) is 21.9. The van der Waals surface area contributed by atoms with E-state index in [0.29, 0.717) is 22.1 Å². The van der Waals surface area contributed by atoms with Crippen LogP contribution in [0.4, 0.5) is 0 Å². The molecule has 0 aliphatic rings. The Kier molecular flexibility index (Phi) is 5.58. The fraction of sp³-hybridized carbons (Fsp3) is 0. The van der Waals surface area contributed by atoms with E-state index in [2.05, 4.69) is 30.3 Å². The third-order valence-corrected chi connectivity index (χ3v) is 6.44. The minimum atomic E-state index is 0.554. The molecule has 0 N–H and O–H groups in total. The molecule has 0 bridgehead atoms. The third kappa shape index (κ3) is 4.15.